The Hall–Kier alpha value is -1.11. The number of rotatable bonds is 5. The lowest BCUT2D eigenvalue weighted by atomic mass is 9.72. The van der Waals surface area contributed by atoms with Crippen LogP contribution in [0.15, 0.2) is 24.3 Å². The molecule has 0 aromatic heterocycles. The fraction of sp³-hybridized carbons (Fsp3) is 0.611. The zero-order chi connectivity index (χ0) is 14.7. The molecular weight excluding hydrogens is 232 g/mol. The van der Waals surface area contributed by atoms with Crippen LogP contribution in [0.5, 0.6) is 0 Å². The molecule has 0 fully saturated rings. The standard InChI is InChI=1S/C18H28O/c1-14(11-12-19)15-7-9-16(10-8-15)18(5,6)13-17(2,3)4/h7-10,12,14H,11,13H2,1-6H3. The molecule has 0 bridgehead atoms. The summed E-state index contributed by atoms with van der Waals surface area (Å²) in [4.78, 5) is 10.6. The van der Waals surface area contributed by atoms with E-state index in [1.165, 1.54) is 11.1 Å². The molecule has 0 radical (unpaired) electrons. The van der Waals surface area contributed by atoms with Gasteiger partial charge < -0.3 is 4.79 Å². The third-order valence-electron chi connectivity index (χ3n) is 3.68. The second-order valence-electron chi connectivity index (χ2n) is 7.55. The number of hydrogen-bond donors (Lipinski definition) is 0. The zero-order valence-corrected chi connectivity index (χ0v) is 13.3. The SMILES string of the molecule is CC(CC=O)c1ccc(C(C)(C)CC(C)(C)C)cc1. The summed E-state index contributed by atoms with van der Waals surface area (Å²) in [7, 11) is 0. The molecule has 0 N–H and O–H groups in total. The Kier molecular flexibility index (Phi) is 4.95. The first-order valence-corrected chi connectivity index (χ1v) is 7.20. The van der Waals surface area contributed by atoms with Crippen molar-refractivity contribution in [3.05, 3.63) is 35.4 Å². The van der Waals surface area contributed by atoms with Gasteiger partial charge in [-0.25, -0.2) is 0 Å². The van der Waals surface area contributed by atoms with Crippen molar-refractivity contribution in [1.82, 2.24) is 0 Å². The van der Waals surface area contributed by atoms with Gasteiger partial charge in [0.05, 0.1) is 0 Å². The molecular formula is C18H28O. The van der Waals surface area contributed by atoms with E-state index in [4.69, 9.17) is 0 Å². The first-order valence-electron chi connectivity index (χ1n) is 7.20. The zero-order valence-electron chi connectivity index (χ0n) is 13.3. The van der Waals surface area contributed by atoms with Gasteiger partial charge in [0, 0.05) is 6.42 Å². The van der Waals surface area contributed by atoms with Gasteiger partial charge in [-0.1, -0.05) is 65.8 Å². The van der Waals surface area contributed by atoms with E-state index in [0.29, 0.717) is 17.8 Å². The summed E-state index contributed by atoms with van der Waals surface area (Å²) in [6.45, 7) is 13.6. The minimum absolute atomic E-state index is 0.185. The fourth-order valence-corrected chi connectivity index (χ4v) is 2.97. The van der Waals surface area contributed by atoms with Gasteiger partial charge in [-0.05, 0) is 34.3 Å². The van der Waals surface area contributed by atoms with Crippen LogP contribution in [-0.4, -0.2) is 6.29 Å². The van der Waals surface area contributed by atoms with Crippen LogP contribution in [0.3, 0.4) is 0 Å². The van der Waals surface area contributed by atoms with Crippen LogP contribution < -0.4 is 0 Å². The molecule has 0 aliphatic carbocycles. The van der Waals surface area contributed by atoms with Gasteiger partial charge in [0.2, 0.25) is 0 Å². The quantitative estimate of drug-likeness (QED) is 0.674. The van der Waals surface area contributed by atoms with Gasteiger partial charge >= 0.3 is 0 Å². The van der Waals surface area contributed by atoms with Crippen LogP contribution in [-0.2, 0) is 10.2 Å². The number of carbonyl (C=O) groups excluding carboxylic acids is 1. The predicted molar refractivity (Wildman–Crippen MR) is 82.6 cm³/mol. The third kappa shape index (κ3) is 4.81. The minimum Gasteiger partial charge on any atom is -0.303 e. The van der Waals surface area contributed by atoms with Crippen molar-refractivity contribution in [2.24, 2.45) is 5.41 Å². The Bertz CT molecular complexity index is 406. The highest BCUT2D eigenvalue weighted by molar-refractivity contribution is 5.51. The molecule has 0 heterocycles. The summed E-state index contributed by atoms with van der Waals surface area (Å²) in [6.07, 6.45) is 2.76. The molecule has 0 aliphatic rings. The number of aldehydes is 1. The Morgan fingerprint density at radius 3 is 2.00 bits per heavy atom. The number of benzene rings is 1. The van der Waals surface area contributed by atoms with Crippen LogP contribution in [0, 0.1) is 5.41 Å². The lowest BCUT2D eigenvalue weighted by Gasteiger charge is -2.33. The van der Waals surface area contributed by atoms with Gasteiger partial charge in [-0.2, -0.15) is 0 Å². The van der Waals surface area contributed by atoms with E-state index in [1.54, 1.807) is 0 Å². The third-order valence-corrected chi connectivity index (χ3v) is 3.68. The summed E-state index contributed by atoms with van der Waals surface area (Å²) in [5, 5.41) is 0. The van der Waals surface area contributed by atoms with E-state index in [2.05, 4.69) is 65.8 Å². The molecule has 1 nitrogen and oxygen atoms in total. The summed E-state index contributed by atoms with van der Waals surface area (Å²) in [5.74, 6) is 0.317. The topological polar surface area (TPSA) is 17.1 Å². The van der Waals surface area contributed by atoms with Crippen molar-refractivity contribution in [3.8, 4) is 0 Å². The molecule has 1 unspecified atom stereocenters. The highest BCUT2D eigenvalue weighted by atomic mass is 16.1. The van der Waals surface area contributed by atoms with E-state index in [0.717, 1.165) is 12.7 Å². The van der Waals surface area contributed by atoms with Gasteiger partial charge in [0.1, 0.15) is 6.29 Å². The van der Waals surface area contributed by atoms with Gasteiger partial charge in [0.25, 0.3) is 0 Å². The van der Waals surface area contributed by atoms with Crippen molar-refractivity contribution in [3.63, 3.8) is 0 Å². The number of hydrogen-bond acceptors (Lipinski definition) is 1. The molecule has 1 aromatic carbocycles. The van der Waals surface area contributed by atoms with Crippen LogP contribution in [0.25, 0.3) is 0 Å². The summed E-state index contributed by atoms with van der Waals surface area (Å²) < 4.78 is 0. The molecule has 1 aromatic rings. The van der Waals surface area contributed by atoms with Crippen molar-refractivity contribution in [2.45, 2.75) is 65.7 Å². The van der Waals surface area contributed by atoms with E-state index < -0.39 is 0 Å². The molecule has 0 amide bonds. The maximum absolute atomic E-state index is 10.6. The fourth-order valence-electron chi connectivity index (χ4n) is 2.97. The van der Waals surface area contributed by atoms with Crippen molar-refractivity contribution in [1.29, 1.82) is 0 Å². The average Bonchev–Trinajstić information content (AvgIpc) is 2.26. The summed E-state index contributed by atoms with van der Waals surface area (Å²) in [5.41, 5.74) is 3.14. The van der Waals surface area contributed by atoms with E-state index >= 15 is 0 Å². The predicted octanol–water partition coefficient (Wildman–Crippen LogP) is 5.09. The maximum atomic E-state index is 10.6. The highest BCUT2D eigenvalue weighted by Gasteiger charge is 2.27. The minimum atomic E-state index is 0.185. The monoisotopic (exact) mass is 260 g/mol. The normalized spacial score (nSPS) is 14.2. The molecule has 1 atom stereocenters. The molecule has 106 valence electrons. The second kappa shape index (κ2) is 5.90. The first kappa shape index (κ1) is 15.9. The highest BCUT2D eigenvalue weighted by Crippen LogP contribution is 2.36. The lowest BCUT2D eigenvalue weighted by Crippen LogP contribution is -2.24. The van der Waals surface area contributed by atoms with Crippen LogP contribution in [0.1, 0.15) is 71.4 Å². The largest absolute Gasteiger partial charge is 0.303 e. The Morgan fingerprint density at radius 2 is 1.58 bits per heavy atom. The van der Waals surface area contributed by atoms with Crippen LogP contribution in [0.4, 0.5) is 0 Å². The lowest BCUT2D eigenvalue weighted by molar-refractivity contribution is -0.108. The van der Waals surface area contributed by atoms with Gasteiger partial charge in [-0.15, -0.1) is 0 Å². The molecule has 19 heavy (non-hydrogen) atoms. The molecule has 0 spiro atoms. The van der Waals surface area contributed by atoms with Gasteiger partial charge in [-0.3, -0.25) is 0 Å². The van der Waals surface area contributed by atoms with Crippen molar-refractivity contribution in [2.75, 3.05) is 0 Å². The van der Waals surface area contributed by atoms with E-state index in [-0.39, 0.29) is 5.41 Å². The van der Waals surface area contributed by atoms with E-state index in [1.807, 2.05) is 0 Å². The second-order valence-corrected chi connectivity index (χ2v) is 7.55. The molecule has 0 saturated heterocycles. The Balaban J connectivity index is 2.89. The van der Waals surface area contributed by atoms with Gasteiger partial charge in [0.15, 0.2) is 0 Å². The Labute approximate surface area is 118 Å². The Morgan fingerprint density at radius 1 is 1.05 bits per heavy atom. The van der Waals surface area contributed by atoms with Crippen molar-refractivity contribution >= 4 is 6.29 Å². The molecule has 0 saturated carbocycles. The maximum Gasteiger partial charge on any atom is 0.120 e. The summed E-state index contributed by atoms with van der Waals surface area (Å²) >= 11 is 0. The smallest absolute Gasteiger partial charge is 0.120 e. The van der Waals surface area contributed by atoms with E-state index in [9.17, 15) is 4.79 Å². The molecule has 0 aliphatic heterocycles. The first-order chi connectivity index (χ1) is 8.65. The van der Waals surface area contributed by atoms with Crippen LogP contribution >= 0.6 is 0 Å². The molecule has 1 heteroatoms. The van der Waals surface area contributed by atoms with Crippen molar-refractivity contribution < 1.29 is 4.79 Å². The molecule has 1 rings (SSSR count). The average molecular weight is 260 g/mol. The number of carbonyl (C=O) groups is 1. The summed E-state index contributed by atoms with van der Waals surface area (Å²) in [6, 6.07) is 8.80. The van der Waals surface area contributed by atoms with Crippen LogP contribution in [0.2, 0.25) is 0 Å².